The Morgan fingerprint density at radius 2 is 2.40 bits per heavy atom. The summed E-state index contributed by atoms with van der Waals surface area (Å²) in [5.74, 6) is 0.178. The minimum Gasteiger partial charge on any atom is -0.491 e. The lowest BCUT2D eigenvalue weighted by Gasteiger charge is -2.10. The third-order valence-electron chi connectivity index (χ3n) is 2.47. The van der Waals surface area contributed by atoms with Crippen LogP contribution in [0.3, 0.4) is 0 Å². The molecule has 0 aliphatic carbocycles. The maximum absolute atomic E-state index is 13.1. The van der Waals surface area contributed by atoms with Gasteiger partial charge in [0.1, 0.15) is 18.2 Å². The summed E-state index contributed by atoms with van der Waals surface area (Å²) in [4.78, 5) is 0. The molecule has 0 saturated heterocycles. The summed E-state index contributed by atoms with van der Waals surface area (Å²) in [7, 11) is 0. The number of hydrogen-bond acceptors (Lipinski definition) is 2. The Labute approximate surface area is 93.4 Å². The van der Waals surface area contributed by atoms with E-state index in [1.807, 2.05) is 0 Å². The first-order valence-electron chi connectivity index (χ1n) is 5.07. The molecule has 2 rings (SSSR count). The Balaban J connectivity index is 2.22. The first kappa shape index (κ1) is 10.7. The number of fused-ring (bicyclic) bond motifs is 1. The Hall–Kier alpha value is -0.800. The van der Waals surface area contributed by atoms with E-state index in [1.165, 1.54) is 6.07 Å². The largest absolute Gasteiger partial charge is 0.491 e. The molecule has 4 heteroatoms. The zero-order valence-corrected chi connectivity index (χ0v) is 9.27. The summed E-state index contributed by atoms with van der Waals surface area (Å²) in [5, 5.41) is 3.48. The van der Waals surface area contributed by atoms with Gasteiger partial charge in [-0.3, -0.25) is 0 Å². The highest BCUT2D eigenvalue weighted by Crippen LogP contribution is 2.35. The van der Waals surface area contributed by atoms with Gasteiger partial charge in [-0.2, -0.15) is 0 Å². The third kappa shape index (κ3) is 2.08. The normalized spacial score (nSPS) is 18.7. The molecule has 0 aromatic heterocycles. The van der Waals surface area contributed by atoms with E-state index in [4.69, 9.17) is 16.3 Å². The molecule has 1 N–H and O–H groups in total. The molecule has 0 amide bonds. The number of rotatable bonds is 3. The first-order chi connectivity index (χ1) is 7.22. The van der Waals surface area contributed by atoms with Gasteiger partial charge < -0.3 is 10.1 Å². The van der Waals surface area contributed by atoms with Crippen LogP contribution in [0.25, 0.3) is 0 Å². The Bertz CT molecular complexity index is 370. The zero-order valence-electron chi connectivity index (χ0n) is 8.52. The summed E-state index contributed by atoms with van der Waals surface area (Å²) in [5.41, 5.74) is 0.954. The van der Waals surface area contributed by atoms with Gasteiger partial charge in [0, 0.05) is 11.6 Å². The molecule has 1 aliphatic rings. The van der Waals surface area contributed by atoms with Crippen LogP contribution in [0.15, 0.2) is 12.1 Å². The van der Waals surface area contributed by atoms with Crippen LogP contribution < -0.4 is 10.1 Å². The number of nitrogens with one attached hydrogen (secondary N) is 1. The van der Waals surface area contributed by atoms with Gasteiger partial charge in [-0.15, -0.1) is 0 Å². The van der Waals surface area contributed by atoms with E-state index in [-0.39, 0.29) is 11.1 Å². The maximum atomic E-state index is 13.1. The molecule has 1 aromatic carbocycles. The first-order valence-corrected chi connectivity index (χ1v) is 5.45. The van der Waals surface area contributed by atoms with Crippen molar-refractivity contribution in [3.8, 4) is 5.75 Å². The standard InChI is InChI=1S/C11H13ClFNO/c1-2-3-14-10-6-15-11-5-9(13)8(12)4-7(10)11/h4-5,10,14H,2-3,6H2,1H3. The molecule has 1 aromatic rings. The summed E-state index contributed by atoms with van der Waals surface area (Å²) in [6.07, 6.45) is 1.06. The fourth-order valence-corrected chi connectivity index (χ4v) is 1.86. The molecule has 15 heavy (non-hydrogen) atoms. The van der Waals surface area contributed by atoms with E-state index in [2.05, 4.69) is 12.2 Å². The summed E-state index contributed by atoms with van der Waals surface area (Å²) in [6, 6.07) is 3.13. The van der Waals surface area contributed by atoms with Crippen molar-refractivity contribution in [2.24, 2.45) is 0 Å². The summed E-state index contributed by atoms with van der Waals surface area (Å²) < 4.78 is 18.5. The topological polar surface area (TPSA) is 21.3 Å². The van der Waals surface area contributed by atoms with Crippen molar-refractivity contribution < 1.29 is 9.13 Å². The van der Waals surface area contributed by atoms with Crippen LogP contribution in [0.1, 0.15) is 24.9 Å². The Morgan fingerprint density at radius 3 is 3.13 bits per heavy atom. The van der Waals surface area contributed by atoms with Crippen molar-refractivity contribution in [1.82, 2.24) is 5.32 Å². The van der Waals surface area contributed by atoms with Crippen molar-refractivity contribution in [2.45, 2.75) is 19.4 Å². The molecule has 1 aliphatic heterocycles. The lowest BCUT2D eigenvalue weighted by atomic mass is 10.1. The SMILES string of the molecule is CCCNC1COc2cc(F)c(Cl)cc21. The molecule has 0 radical (unpaired) electrons. The molecule has 1 atom stereocenters. The van der Waals surface area contributed by atoms with Crippen LogP contribution in [0.5, 0.6) is 5.75 Å². The maximum Gasteiger partial charge on any atom is 0.145 e. The van der Waals surface area contributed by atoms with E-state index < -0.39 is 5.82 Å². The lowest BCUT2D eigenvalue weighted by molar-refractivity contribution is 0.311. The Morgan fingerprint density at radius 1 is 1.60 bits per heavy atom. The van der Waals surface area contributed by atoms with E-state index in [9.17, 15) is 4.39 Å². The van der Waals surface area contributed by atoms with Gasteiger partial charge in [0.25, 0.3) is 0 Å². The highest BCUT2D eigenvalue weighted by atomic mass is 35.5. The van der Waals surface area contributed by atoms with Crippen LogP contribution in [0.4, 0.5) is 4.39 Å². The van der Waals surface area contributed by atoms with Gasteiger partial charge in [0.05, 0.1) is 11.1 Å². The van der Waals surface area contributed by atoms with E-state index in [0.29, 0.717) is 12.4 Å². The highest BCUT2D eigenvalue weighted by Gasteiger charge is 2.25. The molecular weight excluding hydrogens is 217 g/mol. The monoisotopic (exact) mass is 229 g/mol. The van der Waals surface area contributed by atoms with Gasteiger partial charge in [0.2, 0.25) is 0 Å². The minimum atomic E-state index is -0.424. The smallest absolute Gasteiger partial charge is 0.145 e. The van der Waals surface area contributed by atoms with Gasteiger partial charge in [-0.05, 0) is 19.0 Å². The minimum absolute atomic E-state index is 0.137. The van der Waals surface area contributed by atoms with Gasteiger partial charge in [-0.1, -0.05) is 18.5 Å². The molecular formula is C11H13ClFNO. The second kappa shape index (κ2) is 4.37. The molecule has 1 unspecified atom stereocenters. The molecule has 82 valence electrons. The number of hydrogen-bond donors (Lipinski definition) is 1. The number of benzene rings is 1. The predicted octanol–water partition coefficient (Wildman–Crippen LogP) is 2.91. The van der Waals surface area contributed by atoms with Crippen LogP contribution in [-0.2, 0) is 0 Å². The van der Waals surface area contributed by atoms with Crippen LogP contribution in [-0.4, -0.2) is 13.2 Å². The molecule has 0 fully saturated rings. The van der Waals surface area contributed by atoms with Gasteiger partial charge >= 0.3 is 0 Å². The van der Waals surface area contributed by atoms with Gasteiger partial charge in [0.15, 0.2) is 0 Å². The molecule has 2 nitrogen and oxygen atoms in total. The van der Waals surface area contributed by atoms with Crippen LogP contribution >= 0.6 is 11.6 Å². The molecule has 0 spiro atoms. The molecule has 0 bridgehead atoms. The summed E-state index contributed by atoms with van der Waals surface area (Å²) >= 11 is 5.73. The fraction of sp³-hybridized carbons (Fsp3) is 0.455. The second-order valence-corrected chi connectivity index (χ2v) is 4.03. The second-order valence-electron chi connectivity index (χ2n) is 3.62. The van der Waals surface area contributed by atoms with Gasteiger partial charge in [-0.25, -0.2) is 4.39 Å². The van der Waals surface area contributed by atoms with Crippen molar-refractivity contribution in [3.05, 3.63) is 28.5 Å². The van der Waals surface area contributed by atoms with E-state index >= 15 is 0 Å². The average molecular weight is 230 g/mol. The average Bonchev–Trinajstić information content (AvgIpc) is 2.59. The van der Waals surface area contributed by atoms with Crippen molar-refractivity contribution >= 4 is 11.6 Å². The summed E-state index contributed by atoms with van der Waals surface area (Å²) in [6.45, 7) is 3.57. The Kier molecular flexibility index (Phi) is 3.12. The molecule has 0 saturated carbocycles. The van der Waals surface area contributed by atoms with E-state index in [0.717, 1.165) is 18.5 Å². The van der Waals surface area contributed by atoms with Crippen molar-refractivity contribution in [3.63, 3.8) is 0 Å². The third-order valence-corrected chi connectivity index (χ3v) is 2.76. The number of ether oxygens (including phenoxy) is 1. The predicted molar refractivity (Wildman–Crippen MR) is 57.9 cm³/mol. The van der Waals surface area contributed by atoms with Crippen molar-refractivity contribution in [2.75, 3.05) is 13.2 Å². The highest BCUT2D eigenvalue weighted by molar-refractivity contribution is 6.30. The molecule has 1 heterocycles. The lowest BCUT2D eigenvalue weighted by Crippen LogP contribution is -2.23. The fourth-order valence-electron chi connectivity index (χ4n) is 1.69. The zero-order chi connectivity index (χ0) is 10.8. The van der Waals surface area contributed by atoms with Crippen molar-refractivity contribution in [1.29, 1.82) is 0 Å². The van der Waals surface area contributed by atoms with Crippen LogP contribution in [0.2, 0.25) is 5.02 Å². The van der Waals surface area contributed by atoms with E-state index in [1.54, 1.807) is 6.07 Å². The quantitative estimate of drug-likeness (QED) is 0.861. The number of halogens is 2. The van der Waals surface area contributed by atoms with Crippen LogP contribution in [0, 0.1) is 5.82 Å².